The molecule has 0 aliphatic rings. The maximum atomic E-state index is 12.3. The van der Waals surface area contributed by atoms with Gasteiger partial charge in [0.25, 0.3) is 5.91 Å². The lowest BCUT2D eigenvalue weighted by Gasteiger charge is -2.09. The number of amides is 2. The Bertz CT molecular complexity index is 716. The van der Waals surface area contributed by atoms with Crippen LogP contribution in [-0.4, -0.2) is 11.8 Å². The van der Waals surface area contributed by atoms with Crippen molar-refractivity contribution in [1.29, 1.82) is 0 Å². The Kier molecular flexibility index (Phi) is 5.14. The molecule has 6 heteroatoms. The number of nitrogens with two attached hydrogens (primary N) is 1. The highest BCUT2D eigenvalue weighted by atomic mass is 35.5. The van der Waals surface area contributed by atoms with Crippen LogP contribution in [0.5, 0.6) is 0 Å². The molecule has 2 aromatic rings. The third-order valence-corrected chi connectivity index (χ3v) is 3.12. The Labute approximate surface area is 133 Å². The van der Waals surface area contributed by atoms with E-state index in [4.69, 9.17) is 17.3 Å². The quantitative estimate of drug-likeness (QED) is 0.810. The van der Waals surface area contributed by atoms with Crippen molar-refractivity contribution >= 4 is 34.8 Å². The average Bonchev–Trinajstić information content (AvgIpc) is 2.46. The van der Waals surface area contributed by atoms with E-state index in [0.29, 0.717) is 28.5 Å². The van der Waals surface area contributed by atoms with Crippen molar-refractivity contribution in [3.05, 3.63) is 58.6 Å². The molecule has 0 atom stereocenters. The molecule has 2 aromatic carbocycles. The minimum absolute atomic E-state index is 0.232. The zero-order valence-electron chi connectivity index (χ0n) is 12.0. The summed E-state index contributed by atoms with van der Waals surface area (Å²) in [6.07, 6.45) is 0. The first-order valence-corrected chi connectivity index (χ1v) is 7.04. The van der Waals surface area contributed by atoms with Crippen LogP contribution in [0.4, 0.5) is 11.4 Å². The van der Waals surface area contributed by atoms with Crippen LogP contribution in [0.1, 0.15) is 22.8 Å². The van der Waals surface area contributed by atoms with Crippen molar-refractivity contribution in [2.75, 3.05) is 10.6 Å². The number of halogens is 1. The van der Waals surface area contributed by atoms with Gasteiger partial charge in [0.05, 0.1) is 0 Å². The normalized spacial score (nSPS) is 10.1. The molecule has 0 bridgehead atoms. The molecule has 0 aliphatic heterocycles. The molecule has 22 heavy (non-hydrogen) atoms. The van der Waals surface area contributed by atoms with Gasteiger partial charge >= 0.3 is 0 Å². The summed E-state index contributed by atoms with van der Waals surface area (Å²) < 4.78 is 0. The second-order valence-electron chi connectivity index (χ2n) is 4.77. The second kappa shape index (κ2) is 7.06. The van der Waals surface area contributed by atoms with Gasteiger partial charge in [-0.25, -0.2) is 0 Å². The van der Waals surface area contributed by atoms with Crippen LogP contribution < -0.4 is 16.4 Å². The fourth-order valence-corrected chi connectivity index (χ4v) is 2.21. The predicted octanol–water partition coefficient (Wildman–Crippen LogP) is 3.01. The standard InChI is InChI=1S/C16H16ClN3O2/c1-10(21)19-15-7-12(6-13(17)8-15)16(22)20-14-4-2-3-11(5-14)9-18/h2-8H,9,18H2,1H3,(H,19,21)(H,20,22). The molecule has 114 valence electrons. The van der Waals surface area contributed by atoms with Gasteiger partial charge in [-0.05, 0) is 35.9 Å². The van der Waals surface area contributed by atoms with Gasteiger partial charge in [0.2, 0.25) is 5.91 Å². The summed E-state index contributed by atoms with van der Waals surface area (Å²) in [5.41, 5.74) is 7.97. The van der Waals surface area contributed by atoms with E-state index in [1.807, 2.05) is 12.1 Å². The molecule has 0 saturated heterocycles. The topological polar surface area (TPSA) is 84.2 Å². The average molecular weight is 318 g/mol. The predicted molar refractivity (Wildman–Crippen MR) is 88.0 cm³/mol. The number of benzene rings is 2. The lowest BCUT2D eigenvalue weighted by atomic mass is 10.1. The highest BCUT2D eigenvalue weighted by Gasteiger charge is 2.10. The van der Waals surface area contributed by atoms with E-state index >= 15 is 0 Å². The highest BCUT2D eigenvalue weighted by molar-refractivity contribution is 6.31. The largest absolute Gasteiger partial charge is 0.326 e. The molecule has 0 unspecified atom stereocenters. The fraction of sp³-hybridized carbons (Fsp3) is 0.125. The lowest BCUT2D eigenvalue weighted by molar-refractivity contribution is -0.114. The van der Waals surface area contributed by atoms with E-state index in [-0.39, 0.29) is 11.8 Å². The minimum Gasteiger partial charge on any atom is -0.326 e. The van der Waals surface area contributed by atoms with Crippen LogP contribution in [0.25, 0.3) is 0 Å². The van der Waals surface area contributed by atoms with Gasteiger partial charge in [0, 0.05) is 35.4 Å². The van der Waals surface area contributed by atoms with Crippen LogP contribution >= 0.6 is 11.6 Å². The molecule has 0 fully saturated rings. The number of carbonyl (C=O) groups is 2. The Morgan fingerprint density at radius 2 is 1.86 bits per heavy atom. The molecule has 0 radical (unpaired) electrons. The maximum Gasteiger partial charge on any atom is 0.255 e. The minimum atomic E-state index is -0.316. The molecule has 0 saturated carbocycles. The van der Waals surface area contributed by atoms with Gasteiger partial charge < -0.3 is 16.4 Å². The first-order chi connectivity index (χ1) is 10.5. The van der Waals surface area contributed by atoms with Crippen molar-refractivity contribution < 1.29 is 9.59 Å². The number of carbonyl (C=O) groups excluding carboxylic acids is 2. The maximum absolute atomic E-state index is 12.3. The van der Waals surface area contributed by atoms with Crippen LogP contribution in [0.15, 0.2) is 42.5 Å². The molecule has 2 amide bonds. The van der Waals surface area contributed by atoms with Crippen LogP contribution in [0, 0.1) is 0 Å². The molecule has 0 heterocycles. The van der Waals surface area contributed by atoms with E-state index in [2.05, 4.69) is 10.6 Å². The van der Waals surface area contributed by atoms with Crippen LogP contribution in [0.2, 0.25) is 5.02 Å². The monoisotopic (exact) mass is 317 g/mol. The van der Waals surface area contributed by atoms with Crippen LogP contribution in [0.3, 0.4) is 0 Å². The fourth-order valence-electron chi connectivity index (χ4n) is 1.98. The Morgan fingerprint density at radius 1 is 1.09 bits per heavy atom. The number of anilines is 2. The van der Waals surface area contributed by atoms with Crippen LogP contribution in [-0.2, 0) is 11.3 Å². The summed E-state index contributed by atoms with van der Waals surface area (Å²) in [5.74, 6) is -0.549. The number of hydrogen-bond donors (Lipinski definition) is 3. The Hall–Kier alpha value is -2.37. The van der Waals surface area contributed by atoms with Crippen molar-refractivity contribution in [3.63, 3.8) is 0 Å². The van der Waals surface area contributed by atoms with Gasteiger partial charge in [-0.3, -0.25) is 9.59 Å². The van der Waals surface area contributed by atoms with Gasteiger partial charge in [-0.2, -0.15) is 0 Å². The van der Waals surface area contributed by atoms with Crippen molar-refractivity contribution in [3.8, 4) is 0 Å². The summed E-state index contributed by atoms with van der Waals surface area (Å²) in [5, 5.41) is 5.75. The Balaban J connectivity index is 2.21. The summed E-state index contributed by atoms with van der Waals surface area (Å²) >= 11 is 5.98. The molecule has 4 N–H and O–H groups in total. The van der Waals surface area contributed by atoms with E-state index in [9.17, 15) is 9.59 Å². The molecule has 5 nitrogen and oxygen atoms in total. The van der Waals surface area contributed by atoms with Gasteiger partial charge in [-0.1, -0.05) is 23.7 Å². The Morgan fingerprint density at radius 3 is 2.55 bits per heavy atom. The second-order valence-corrected chi connectivity index (χ2v) is 5.20. The summed E-state index contributed by atoms with van der Waals surface area (Å²) in [4.78, 5) is 23.4. The van der Waals surface area contributed by atoms with Gasteiger partial charge in [0.15, 0.2) is 0 Å². The number of rotatable bonds is 4. The third kappa shape index (κ3) is 4.31. The van der Waals surface area contributed by atoms with Crippen molar-refractivity contribution in [2.45, 2.75) is 13.5 Å². The van der Waals surface area contributed by atoms with Crippen molar-refractivity contribution in [1.82, 2.24) is 0 Å². The molecular formula is C16H16ClN3O2. The molecule has 2 rings (SSSR count). The van der Waals surface area contributed by atoms with E-state index < -0.39 is 0 Å². The number of hydrogen-bond acceptors (Lipinski definition) is 3. The zero-order chi connectivity index (χ0) is 16.1. The van der Waals surface area contributed by atoms with E-state index in [1.54, 1.807) is 24.3 Å². The number of nitrogens with one attached hydrogen (secondary N) is 2. The zero-order valence-corrected chi connectivity index (χ0v) is 12.8. The highest BCUT2D eigenvalue weighted by Crippen LogP contribution is 2.20. The van der Waals surface area contributed by atoms with Gasteiger partial charge in [0.1, 0.15) is 0 Å². The first kappa shape index (κ1) is 16.0. The van der Waals surface area contributed by atoms with E-state index in [1.165, 1.54) is 13.0 Å². The third-order valence-electron chi connectivity index (χ3n) is 2.90. The lowest BCUT2D eigenvalue weighted by Crippen LogP contribution is -2.13. The summed E-state index contributed by atoms with van der Waals surface area (Å²) in [7, 11) is 0. The summed E-state index contributed by atoms with van der Waals surface area (Å²) in [6, 6.07) is 12.0. The van der Waals surface area contributed by atoms with Crippen molar-refractivity contribution in [2.24, 2.45) is 5.73 Å². The first-order valence-electron chi connectivity index (χ1n) is 6.66. The molecule has 0 aliphatic carbocycles. The smallest absolute Gasteiger partial charge is 0.255 e. The SMILES string of the molecule is CC(=O)Nc1cc(Cl)cc(C(=O)Nc2cccc(CN)c2)c1. The molecule has 0 aromatic heterocycles. The molecular weight excluding hydrogens is 302 g/mol. The van der Waals surface area contributed by atoms with Gasteiger partial charge in [-0.15, -0.1) is 0 Å². The summed E-state index contributed by atoms with van der Waals surface area (Å²) in [6.45, 7) is 1.78. The van der Waals surface area contributed by atoms with E-state index in [0.717, 1.165) is 5.56 Å². The molecule has 0 spiro atoms.